The summed E-state index contributed by atoms with van der Waals surface area (Å²) in [5.41, 5.74) is 1.18. The Morgan fingerprint density at radius 2 is 2.10 bits per heavy atom. The molecule has 2 atom stereocenters. The van der Waals surface area contributed by atoms with E-state index < -0.39 is 0 Å². The average molecular weight is 396 g/mol. The summed E-state index contributed by atoms with van der Waals surface area (Å²) in [5, 5.41) is 0. The van der Waals surface area contributed by atoms with E-state index in [4.69, 9.17) is 0 Å². The number of nitrogens with one attached hydrogen (secondary N) is 1. The molecule has 154 valence electrons. The van der Waals surface area contributed by atoms with Gasteiger partial charge in [-0.05, 0) is 39.1 Å². The Labute approximate surface area is 170 Å². The van der Waals surface area contributed by atoms with Crippen LogP contribution in [0.2, 0.25) is 0 Å². The molecule has 0 saturated carbocycles. The fourth-order valence-corrected chi connectivity index (χ4v) is 4.98. The van der Waals surface area contributed by atoms with Crippen molar-refractivity contribution < 1.29 is 4.79 Å². The Morgan fingerprint density at radius 1 is 1.28 bits per heavy atom. The van der Waals surface area contributed by atoms with Crippen LogP contribution in [0.25, 0.3) is 0 Å². The van der Waals surface area contributed by atoms with Gasteiger partial charge in [-0.3, -0.25) is 14.5 Å². The van der Waals surface area contributed by atoms with Gasteiger partial charge in [-0.25, -0.2) is 9.97 Å². The van der Waals surface area contributed by atoms with Crippen molar-refractivity contribution >= 4 is 5.91 Å². The second-order valence-corrected chi connectivity index (χ2v) is 8.68. The van der Waals surface area contributed by atoms with Gasteiger partial charge in [-0.2, -0.15) is 0 Å². The molecule has 2 aliphatic rings. The van der Waals surface area contributed by atoms with Gasteiger partial charge in [0.2, 0.25) is 5.56 Å². The van der Waals surface area contributed by atoms with Gasteiger partial charge in [-0.15, -0.1) is 0 Å². The summed E-state index contributed by atoms with van der Waals surface area (Å²) >= 11 is 0. The average Bonchev–Trinajstić information content (AvgIpc) is 3.13. The standard InChI is InChI=1S/C21H28N6O2/c1-15-22-8-7-17(23-15)11-26-9-16-10-27(14-21(16,13-26)12-25(2)3)20(29)18-5-4-6-19(28)24-18/h4-8,16H,9-14H2,1-3H3,(H,24,28). The number of H-pyrrole nitrogens is 1. The van der Waals surface area contributed by atoms with Crippen molar-refractivity contribution in [1.82, 2.24) is 29.7 Å². The molecule has 0 aliphatic carbocycles. The monoisotopic (exact) mass is 396 g/mol. The molecule has 2 fully saturated rings. The molecule has 8 nitrogen and oxygen atoms in total. The zero-order chi connectivity index (χ0) is 20.6. The van der Waals surface area contributed by atoms with Crippen molar-refractivity contribution in [3.05, 3.63) is 58.0 Å². The van der Waals surface area contributed by atoms with Crippen LogP contribution in [0.1, 0.15) is 22.0 Å². The molecule has 2 aliphatic heterocycles. The zero-order valence-corrected chi connectivity index (χ0v) is 17.3. The summed E-state index contributed by atoms with van der Waals surface area (Å²) < 4.78 is 0. The first-order chi connectivity index (χ1) is 13.8. The van der Waals surface area contributed by atoms with E-state index in [0.717, 1.165) is 37.7 Å². The first-order valence-electron chi connectivity index (χ1n) is 9.99. The lowest BCUT2D eigenvalue weighted by atomic mass is 9.80. The van der Waals surface area contributed by atoms with E-state index in [1.807, 2.05) is 24.1 Å². The third kappa shape index (κ3) is 4.09. The Morgan fingerprint density at radius 3 is 2.83 bits per heavy atom. The van der Waals surface area contributed by atoms with E-state index in [-0.39, 0.29) is 16.9 Å². The summed E-state index contributed by atoms with van der Waals surface area (Å²) in [7, 11) is 4.17. The van der Waals surface area contributed by atoms with E-state index in [2.05, 4.69) is 38.8 Å². The van der Waals surface area contributed by atoms with Gasteiger partial charge < -0.3 is 14.8 Å². The smallest absolute Gasteiger partial charge is 0.270 e. The van der Waals surface area contributed by atoms with Crippen LogP contribution in [0, 0.1) is 18.3 Å². The van der Waals surface area contributed by atoms with Crippen LogP contribution in [0.5, 0.6) is 0 Å². The molecule has 0 aromatic carbocycles. The molecular formula is C21H28N6O2. The highest BCUT2D eigenvalue weighted by Gasteiger charge is 2.53. The lowest BCUT2D eigenvalue weighted by Gasteiger charge is -2.32. The molecule has 0 bridgehead atoms. The predicted octanol–water partition coefficient (Wildman–Crippen LogP) is 0.609. The number of fused-ring (bicyclic) bond motifs is 1. The highest BCUT2D eigenvalue weighted by Crippen LogP contribution is 2.43. The maximum atomic E-state index is 13.0. The minimum Gasteiger partial charge on any atom is -0.336 e. The number of hydrogen-bond donors (Lipinski definition) is 1. The number of nitrogens with zero attached hydrogens (tertiary/aromatic N) is 5. The molecule has 4 rings (SSSR count). The van der Waals surface area contributed by atoms with Crippen LogP contribution in [0.3, 0.4) is 0 Å². The van der Waals surface area contributed by atoms with Gasteiger partial charge >= 0.3 is 0 Å². The molecule has 1 N–H and O–H groups in total. The van der Waals surface area contributed by atoms with Gasteiger partial charge in [-0.1, -0.05) is 6.07 Å². The molecule has 1 amide bonds. The third-order valence-electron chi connectivity index (χ3n) is 5.97. The highest BCUT2D eigenvalue weighted by atomic mass is 16.2. The molecule has 4 heterocycles. The molecule has 2 aromatic heterocycles. The number of aromatic nitrogens is 3. The summed E-state index contributed by atoms with van der Waals surface area (Å²) in [6, 6.07) is 6.71. The fraction of sp³-hybridized carbons (Fsp3) is 0.524. The number of pyridine rings is 1. The minimum absolute atomic E-state index is 0.0241. The van der Waals surface area contributed by atoms with E-state index >= 15 is 0 Å². The van der Waals surface area contributed by atoms with Crippen molar-refractivity contribution in [3.8, 4) is 0 Å². The lowest BCUT2D eigenvalue weighted by molar-refractivity contribution is 0.0741. The van der Waals surface area contributed by atoms with E-state index in [0.29, 0.717) is 24.7 Å². The van der Waals surface area contributed by atoms with Crippen LogP contribution in [-0.2, 0) is 6.54 Å². The van der Waals surface area contributed by atoms with Crippen molar-refractivity contribution in [2.45, 2.75) is 13.5 Å². The van der Waals surface area contributed by atoms with Gasteiger partial charge in [0.05, 0.1) is 5.69 Å². The number of hydrogen-bond acceptors (Lipinski definition) is 6. The maximum Gasteiger partial charge on any atom is 0.270 e. The molecule has 2 unspecified atom stereocenters. The van der Waals surface area contributed by atoms with Crippen molar-refractivity contribution in [2.24, 2.45) is 11.3 Å². The quantitative estimate of drug-likeness (QED) is 0.797. The number of amides is 1. The largest absolute Gasteiger partial charge is 0.336 e. The van der Waals surface area contributed by atoms with Crippen molar-refractivity contribution in [3.63, 3.8) is 0 Å². The van der Waals surface area contributed by atoms with Crippen LogP contribution >= 0.6 is 0 Å². The van der Waals surface area contributed by atoms with E-state index in [1.165, 1.54) is 6.07 Å². The van der Waals surface area contributed by atoms with Crippen LogP contribution in [0.15, 0.2) is 35.3 Å². The third-order valence-corrected chi connectivity index (χ3v) is 5.97. The van der Waals surface area contributed by atoms with Crippen molar-refractivity contribution in [2.75, 3.05) is 46.8 Å². The SMILES string of the molecule is Cc1nccc(CN2CC3CN(C(=O)c4cccc(=O)[nH]4)CC3(CN(C)C)C2)n1. The van der Waals surface area contributed by atoms with Crippen molar-refractivity contribution in [1.29, 1.82) is 0 Å². The number of rotatable bonds is 5. The number of carbonyl (C=O) groups excluding carboxylic acids is 1. The van der Waals surface area contributed by atoms with Gasteiger partial charge in [0, 0.05) is 56.9 Å². The molecule has 0 radical (unpaired) electrons. The predicted molar refractivity (Wildman–Crippen MR) is 109 cm³/mol. The van der Waals surface area contributed by atoms with Gasteiger partial charge in [0.1, 0.15) is 11.5 Å². The van der Waals surface area contributed by atoms with Crippen LogP contribution in [-0.4, -0.2) is 82.4 Å². The molecule has 0 spiro atoms. The number of aryl methyl sites for hydroxylation is 1. The summed E-state index contributed by atoms with van der Waals surface area (Å²) in [5.74, 6) is 1.10. The van der Waals surface area contributed by atoms with Crippen LogP contribution in [0.4, 0.5) is 0 Å². The summed E-state index contributed by atoms with van der Waals surface area (Å²) in [6.45, 7) is 6.90. The Kier molecular flexibility index (Phi) is 5.23. The Hall–Kier alpha value is -2.58. The first kappa shape index (κ1) is 19.7. The van der Waals surface area contributed by atoms with Crippen LogP contribution < -0.4 is 5.56 Å². The molecular weight excluding hydrogens is 368 g/mol. The molecule has 2 saturated heterocycles. The Balaban J connectivity index is 1.51. The summed E-state index contributed by atoms with van der Waals surface area (Å²) in [4.78, 5) is 42.5. The van der Waals surface area contributed by atoms with E-state index in [1.54, 1.807) is 12.1 Å². The number of aromatic amines is 1. The maximum absolute atomic E-state index is 13.0. The number of carbonyl (C=O) groups is 1. The number of likely N-dealkylation sites (tertiary alicyclic amines) is 2. The fourth-order valence-electron chi connectivity index (χ4n) is 4.98. The normalized spacial score (nSPS) is 24.3. The molecule has 29 heavy (non-hydrogen) atoms. The topological polar surface area (TPSA) is 85.4 Å². The second-order valence-electron chi connectivity index (χ2n) is 8.68. The second kappa shape index (κ2) is 7.68. The zero-order valence-electron chi connectivity index (χ0n) is 17.3. The van der Waals surface area contributed by atoms with Gasteiger partial charge in [0.15, 0.2) is 0 Å². The molecule has 2 aromatic rings. The summed E-state index contributed by atoms with van der Waals surface area (Å²) in [6.07, 6.45) is 1.81. The molecule has 8 heteroatoms. The van der Waals surface area contributed by atoms with E-state index in [9.17, 15) is 9.59 Å². The lowest BCUT2D eigenvalue weighted by Crippen LogP contribution is -2.43. The minimum atomic E-state index is -0.246. The van der Waals surface area contributed by atoms with Gasteiger partial charge in [0.25, 0.3) is 5.91 Å². The first-order valence-corrected chi connectivity index (χ1v) is 9.99. The Bertz CT molecular complexity index is 958. The highest BCUT2D eigenvalue weighted by molar-refractivity contribution is 5.92.